The standard InChI is InChI=1S/C19H17N7OS2/c1-2-8-26-16(27)15-12(9-13(29-15)11-6-4-3-5-7-11)22-19(26)28-10-14-23-17(20)25-18(21)24-14/h2-7,9H,1,8,10H2,(H4,20,21,23,24,25). The minimum Gasteiger partial charge on any atom is -0.368 e. The second-order valence-corrected chi connectivity index (χ2v) is 8.04. The van der Waals surface area contributed by atoms with Crippen LogP contribution in [-0.4, -0.2) is 24.5 Å². The first-order chi connectivity index (χ1) is 14.0. The summed E-state index contributed by atoms with van der Waals surface area (Å²) in [5.74, 6) is 0.896. The maximum absolute atomic E-state index is 13.1. The van der Waals surface area contributed by atoms with Crippen molar-refractivity contribution in [3.05, 3.63) is 65.2 Å². The van der Waals surface area contributed by atoms with E-state index in [-0.39, 0.29) is 17.5 Å². The Hall–Kier alpha value is -3.24. The third-order valence-electron chi connectivity index (χ3n) is 4.02. The predicted molar refractivity (Wildman–Crippen MR) is 118 cm³/mol. The maximum Gasteiger partial charge on any atom is 0.272 e. The van der Waals surface area contributed by atoms with Crippen LogP contribution in [-0.2, 0) is 12.3 Å². The first-order valence-electron chi connectivity index (χ1n) is 8.64. The maximum atomic E-state index is 13.1. The Labute approximate surface area is 174 Å². The SMILES string of the molecule is C=CCn1c(SCc2nc(N)nc(N)n2)nc2cc(-c3ccccc3)sc2c1=O. The highest BCUT2D eigenvalue weighted by Crippen LogP contribution is 2.32. The van der Waals surface area contributed by atoms with E-state index in [4.69, 9.17) is 16.5 Å². The van der Waals surface area contributed by atoms with Gasteiger partial charge in [-0.3, -0.25) is 9.36 Å². The molecule has 3 aromatic heterocycles. The average Bonchev–Trinajstić information content (AvgIpc) is 3.13. The molecule has 0 bridgehead atoms. The van der Waals surface area contributed by atoms with E-state index in [2.05, 4.69) is 21.5 Å². The highest BCUT2D eigenvalue weighted by Gasteiger charge is 2.15. The molecule has 29 heavy (non-hydrogen) atoms. The number of benzene rings is 1. The van der Waals surface area contributed by atoms with E-state index >= 15 is 0 Å². The summed E-state index contributed by atoms with van der Waals surface area (Å²) in [5.41, 5.74) is 12.9. The van der Waals surface area contributed by atoms with Crippen LogP contribution in [0, 0.1) is 0 Å². The van der Waals surface area contributed by atoms with Gasteiger partial charge in [0.1, 0.15) is 10.5 Å². The molecule has 8 nitrogen and oxygen atoms in total. The van der Waals surface area contributed by atoms with E-state index in [1.54, 1.807) is 10.6 Å². The molecule has 0 saturated carbocycles. The van der Waals surface area contributed by atoms with Gasteiger partial charge in [-0.25, -0.2) is 4.98 Å². The predicted octanol–water partition coefficient (Wildman–Crippen LogP) is 2.95. The molecule has 0 atom stereocenters. The topological polar surface area (TPSA) is 126 Å². The number of thiophene rings is 1. The fourth-order valence-electron chi connectivity index (χ4n) is 2.79. The normalized spacial score (nSPS) is 11.0. The number of nitrogen functional groups attached to an aromatic ring is 2. The van der Waals surface area contributed by atoms with Gasteiger partial charge in [-0.2, -0.15) is 15.0 Å². The molecule has 146 valence electrons. The van der Waals surface area contributed by atoms with E-state index in [0.29, 0.717) is 33.5 Å². The number of nitrogens with zero attached hydrogens (tertiary/aromatic N) is 5. The highest BCUT2D eigenvalue weighted by atomic mass is 32.2. The zero-order valence-corrected chi connectivity index (χ0v) is 16.9. The van der Waals surface area contributed by atoms with E-state index in [1.807, 2.05) is 36.4 Å². The molecule has 4 rings (SSSR count). The number of allylic oxidation sites excluding steroid dienone is 1. The van der Waals surface area contributed by atoms with Crippen LogP contribution in [0.15, 0.2) is 59.0 Å². The summed E-state index contributed by atoms with van der Waals surface area (Å²) in [6.45, 7) is 4.10. The number of thioether (sulfide) groups is 1. The van der Waals surface area contributed by atoms with Crippen LogP contribution in [0.25, 0.3) is 20.7 Å². The molecule has 0 amide bonds. The molecule has 0 unspecified atom stereocenters. The fourth-order valence-corrected chi connectivity index (χ4v) is 4.70. The van der Waals surface area contributed by atoms with Crippen molar-refractivity contribution in [2.75, 3.05) is 11.5 Å². The number of hydrogen-bond acceptors (Lipinski definition) is 9. The summed E-state index contributed by atoms with van der Waals surface area (Å²) >= 11 is 2.78. The summed E-state index contributed by atoms with van der Waals surface area (Å²) < 4.78 is 2.21. The molecular formula is C19H17N7OS2. The Morgan fingerprint density at radius 2 is 1.83 bits per heavy atom. The van der Waals surface area contributed by atoms with Gasteiger partial charge in [-0.15, -0.1) is 17.9 Å². The fraction of sp³-hybridized carbons (Fsp3) is 0.105. The van der Waals surface area contributed by atoms with Gasteiger partial charge in [-0.1, -0.05) is 48.2 Å². The van der Waals surface area contributed by atoms with Crippen molar-refractivity contribution in [1.82, 2.24) is 24.5 Å². The van der Waals surface area contributed by atoms with Crippen LogP contribution >= 0.6 is 23.1 Å². The molecule has 0 aliphatic carbocycles. The van der Waals surface area contributed by atoms with Crippen LogP contribution in [0.4, 0.5) is 11.9 Å². The van der Waals surface area contributed by atoms with Crippen molar-refractivity contribution in [2.45, 2.75) is 17.5 Å². The molecule has 0 aliphatic rings. The zero-order chi connectivity index (χ0) is 20.4. The molecule has 0 radical (unpaired) electrons. The van der Waals surface area contributed by atoms with Gasteiger partial charge in [0.25, 0.3) is 5.56 Å². The van der Waals surface area contributed by atoms with Gasteiger partial charge >= 0.3 is 0 Å². The Morgan fingerprint density at radius 3 is 2.52 bits per heavy atom. The van der Waals surface area contributed by atoms with Crippen molar-refractivity contribution in [3.63, 3.8) is 0 Å². The second-order valence-electron chi connectivity index (χ2n) is 6.05. The van der Waals surface area contributed by atoms with Crippen molar-refractivity contribution in [1.29, 1.82) is 0 Å². The van der Waals surface area contributed by atoms with Crippen LogP contribution < -0.4 is 17.0 Å². The molecule has 4 N–H and O–H groups in total. The van der Waals surface area contributed by atoms with Gasteiger partial charge < -0.3 is 11.5 Å². The molecule has 0 fully saturated rings. The average molecular weight is 424 g/mol. The summed E-state index contributed by atoms with van der Waals surface area (Å²) in [7, 11) is 0. The molecule has 0 spiro atoms. The Bertz CT molecular complexity index is 1230. The smallest absolute Gasteiger partial charge is 0.272 e. The van der Waals surface area contributed by atoms with E-state index in [0.717, 1.165) is 10.4 Å². The number of anilines is 2. The quantitative estimate of drug-likeness (QED) is 0.275. The third kappa shape index (κ3) is 3.98. The number of hydrogen-bond donors (Lipinski definition) is 2. The van der Waals surface area contributed by atoms with Gasteiger partial charge in [-0.05, 0) is 11.6 Å². The highest BCUT2D eigenvalue weighted by molar-refractivity contribution is 7.98. The lowest BCUT2D eigenvalue weighted by Gasteiger charge is -2.09. The first-order valence-corrected chi connectivity index (χ1v) is 10.4. The Balaban J connectivity index is 1.75. The van der Waals surface area contributed by atoms with Crippen LogP contribution in [0.1, 0.15) is 5.82 Å². The molecular weight excluding hydrogens is 406 g/mol. The summed E-state index contributed by atoms with van der Waals surface area (Å²) in [5, 5.41) is 0.553. The van der Waals surface area contributed by atoms with Crippen molar-refractivity contribution < 1.29 is 0 Å². The first kappa shape index (κ1) is 19.1. The van der Waals surface area contributed by atoms with Gasteiger partial charge in [0.2, 0.25) is 11.9 Å². The minimum absolute atomic E-state index is 0.0605. The van der Waals surface area contributed by atoms with Gasteiger partial charge in [0, 0.05) is 11.4 Å². The lowest BCUT2D eigenvalue weighted by atomic mass is 10.2. The third-order valence-corrected chi connectivity index (χ3v) is 6.15. The van der Waals surface area contributed by atoms with Gasteiger partial charge in [0.05, 0.1) is 11.3 Å². The molecule has 0 saturated heterocycles. The van der Waals surface area contributed by atoms with Crippen molar-refractivity contribution in [3.8, 4) is 10.4 Å². The van der Waals surface area contributed by atoms with Crippen LogP contribution in [0.3, 0.4) is 0 Å². The van der Waals surface area contributed by atoms with E-state index in [9.17, 15) is 4.79 Å². The molecule has 4 aromatic rings. The summed E-state index contributed by atoms with van der Waals surface area (Å²) in [4.78, 5) is 30.7. The number of aromatic nitrogens is 5. The molecule has 1 aromatic carbocycles. The minimum atomic E-state index is -0.0979. The summed E-state index contributed by atoms with van der Waals surface area (Å²) in [6, 6.07) is 11.9. The second kappa shape index (κ2) is 8.02. The monoisotopic (exact) mass is 423 g/mol. The van der Waals surface area contributed by atoms with Crippen LogP contribution in [0.2, 0.25) is 0 Å². The van der Waals surface area contributed by atoms with Crippen LogP contribution in [0.5, 0.6) is 0 Å². The van der Waals surface area contributed by atoms with E-state index < -0.39 is 0 Å². The molecule has 0 aliphatic heterocycles. The number of nitrogens with two attached hydrogens (primary N) is 2. The lowest BCUT2D eigenvalue weighted by Crippen LogP contribution is -2.22. The molecule has 3 heterocycles. The van der Waals surface area contributed by atoms with Crippen molar-refractivity contribution in [2.24, 2.45) is 0 Å². The number of rotatable bonds is 6. The Morgan fingerprint density at radius 1 is 1.10 bits per heavy atom. The molecule has 10 heteroatoms. The summed E-state index contributed by atoms with van der Waals surface area (Å²) in [6.07, 6.45) is 1.67. The van der Waals surface area contributed by atoms with Crippen molar-refractivity contribution >= 4 is 45.2 Å². The number of fused-ring (bicyclic) bond motifs is 1. The van der Waals surface area contributed by atoms with E-state index in [1.165, 1.54) is 23.1 Å². The largest absolute Gasteiger partial charge is 0.368 e. The zero-order valence-electron chi connectivity index (χ0n) is 15.3. The Kier molecular flexibility index (Phi) is 5.28. The lowest BCUT2D eigenvalue weighted by molar-refractivity contribution is 0.672. The van der Waals surface area contributed by atoms with Gasteiger partial charge in [0.15, 0.2) is 5.16 Å².